The van der Waals surface area contributed by atoms with Gasteiger partial charge in [-0.1, -0.05) is 62.5 Å². The molecule has 1 atom stereocenters. The number of methoxy groups -OCH3 is 6. The standard InChI is InChI=1S/C43H52N2O9/c1-47-35-28-31(42-44-33-17-13-12-16-32(33)43(46)45-42)20-21-34(35)53-22-14-10-8-7-9-11-15-23-54-41-38(50-4)26-30(27-39(41)51-5)19-18-29-24-36(48-2)40(52-6)37(25-29)49-3/h12-13,16-21,24-28,42,44H,7-11,14-15,22-23H2,1-6H3,(H,45,46)/b19-18-. The van der Waals surface area contributed by atoms with Gasteiger partial charge in [-0.2, -0.15) is 0 Å². The summed E-state index contributed by atoms with van der Waals surface area (Å²) in [5.74, 6) is 4.75. The molecule has 2 N–H and O–H groups in total. The van der Waals surface area contributed by atoms with E-state index in [-0.39, 0.29) is 12.1 Å². The molecule has 1 unspecified atom stereocenters. The lowest BCUT2D eigenvalue weighted by Crippen LogP contribution is -2.38. The highest BCUT2D eigenvalue weighted by Gasteiger charge is 2.25. The SMILES string of the molecule is COc1cc(C2NC(=O)c3ccccc3N2)ccc1OCCCCCCCCCOc1c(OC)cc(/C=C\c2cc(OC)c(OC)c(OC)c2)cc1OC. The minimum absolute atomic E-state index is 0.106. The maximum Gasteiger partial charge on any atom is 0.255 e. The number of rotatable bonds is 21. The minimum Gasteiger partial charge on any atom is -0.493 e. The van der Waals surface area contributed by atoms with Crippen LogP contribution in [0.25, 0.3) is 12.2 Å². The first-order valence-corrected chi connectivity index (χ1v) is 18.3. The van der Waals surface area contributed by atoms with Crippen LogP contribution in [0.1, 0.15) is 78.2 Å². The van der Waals surface area contributed by atoms with Gasteiger partial charge >= 0.3 is 0 Å². The third kappa shape index (κ3) is 10.0. The van der Waals surface area contributed by atoms with Gasteiger partial charge in [0.05, 0.1) is 61.4 Å². The highest BCUT2D eigenvalue weighted by Crippen LogP contribution is 2.41. The van der Waals surface area contributed by atoms with Crippen LogP contribution in [0.15, 0.2) is 66.7 Å². The first-order chi connectivity index (χ1) is 26.4. The molecular formula is C43H52N2O9. The number of fused-ring (bicyclic) bond motifs is 1. The third-order valence-corrected chi connectivity index (χ3v) is 9.20. The molecule has 1 aliphatic rings. The van der Waals surface area contributed by atoms with Crippen LogP contribution in [-0.4, -0.2) is 61.8 Å². The van der Waals surface area contributed by atoms with Crippen molar-refractivity contribution in [1.29, 1.82) is 0 Å². The zero-order chi connectivity index (χ0) is 38.3. The van der Waals surface area contributed by atoms with E-state index in [4.69, 9.17) is 37.9 Å². The number of nitrogens with one attached hydrogen (secondary N) is 2. The Kier molecular flexibility index (Phi) is 14.6. The van der Waals surface area contributed by atoms with Crippen LogP contribution < -0.4 is 48.5 Å². The molecule has 0 bridgehead atoms. The number of hydrogen-bond acceptors (Lipinski definition) is 10. The van der Waals surface area contributed by atoms with Crippen molar-refractivity contribution in [1.82, 2.24) is 5.32 Å². The summed E-state index contributed by atoms with van der Waals surface area (Å²) in [5.41, 5.74) is 4.11. The molecule has 4 aromatic rings. The van der Waals surface area contributed by atoms with Gasteiger partial charge in [-0.25, -0.2) is 0 Å². The number of carbonyl (C=O) groups is 1. The molecule has 1 heterocycles. The van der Waals surface area contributed by atoms with Crippen LogP contribution in [0, 0.1) is 0 Å². The van der Waals surface area contributed by atoms with E-state index in [0.29, 0.717) is 64.8 Å². The zero-order valence-electron chi connectivity index (χ0n) is 32.1. The van der Waals surface area contributed by atoms with Crippen molar-refractivity contribution in [2.24, 2.45) is 0 Å². The van der Waals surface area contributed by atoms with Crippen molar-refractivity contribution in [2.75, 3.05) is 61.2 Å². The second kappa shape index (κ2) is 19.9. The van der Waals surface area contributed by atoms with E-state index in [9.17, 15) is 4.79 Å². The normalized spacial score (nSPS) is 13.4. The molecule has 0 radical (unpaired) electrons. The van der Waals surface area contributed by atoms with E-state index in [0.717, 1.165) is 67.3 Å². The summed E-state index contributed by atoms with van der Waals surface area (Å²) in [6.07, 6.45) is 11.0. The van der Waals surface area contributed by atoms with E-state index in [1.54, 1.807) is 48.7 Å². The monoisotopic (exact) mass is 740 g/mol. The van der Waals surface area contributed by atoms with E-state index in [1.165, 1.54) is 0 Å². The Bertz CT molecular complexity index is 1830. The molecule has 0 aromatic heterocycles. The molecule has 0 spiro atoms. The number of anilines is 1. The fourth-order valence-electron chi connectivity index (χ4n) is 6.33. The second-order valence-corrected chi connectivity index (χ2v) is 12.7. The van der Waals surface area contributed by atoms with Gasteiger partial charge in [0.2, 0.25) is 11.5 Å². The molecule has 288 valence electrons. The molecule has 1 amide bonds. The van der Waals surface area contributed by atoms with Crippen molar-refractivity contribution in [3.63, 3.8) is 0 Å². The number of ether oxygens (including phenoxy) is 8. The number of hydrogen-bond donors (Lipinski definition) is 2. The quantitative estimate of drug-likeness (QED) is 0.0634. The van der Waals surface area contributed by atoms with Crippen LogP contribution in [0.3, 0.4) is 0 Å². The van der Waals surface area contributed by atoms with Crippen LogP contribution in [-0.2, 0) is 0 Å². The fourth-order valence-corrected chi connectivity index (χ4v) is 6.33. The molecule has 1 aliphatic heterocycles. The van der Waals surface area contributed by atoms with Crippen LogP contribution in [0.2, 0.25) is 0 Å². The molecule has 0 fully saturated rings. The van der Waals surface area contributed by atoms with Crippen LogP contribution in [0.5, 0.6) is 46.0 Å². The lowest BCUT2D eigenvalue weighted by molar-refractivity contribution is 0.0935. The lowest BCUT2D eigenvalue weighted by atomic mass is 10.1. The average molecular weight is 741 g/mol. The predicted octanol–water partition coefficient (Wildman–Crippen LogP) is 8.95. The van der Waals surface area contributed by atoms with Crippen LogP contribution >= 0.6 is 0 Å². The number of amides is 1. The summed E-state index contributed by atoms with van der Waals surface area (Å²) < 4.78 is 45.6. The Morgan fingerprint density at radius 1 is 0.519 bits per heavy atom. The van der Waals surface area contributed by atoms with E-state index in [2.05, 4.69) is 10.6 Å². The van der Waals surface area contributed by atoms with Gasteiger partial charge in [-0.3, -0.25) is 4.79 Å². The maximum absolute atomic E-state index is 12.6. The Morgan fingerprint density at radius 2 is 1.04 bits per heavy atom. The average Bonchev–Trinajstić information content (AvgIpc) is 3.21. The van der Waals surface area contributed by atoms with Crippen molar-refractivity contribution >= 4 is 23.7 Å². The van der Waals surface area contributed by atoms with Crippen molar-refractivity contribution in [2.45, 2.75) is 51.1 Å². The van der Waals surface area contributed by atoms with Gasteiger partial charge in [0.15, 0.2) is 34.5 Å². The summed E-state index contributed by atoms with van der Waals surface area (Å²) in [4.78, 5) is 12.6. The third-order valence-electron chi connectivity index (χ3n) is 9.20. The fraction of sp³-hybridized carbons (Fsp3) is 0.372. The molecule has 5 rings (SSSR count). The predicted molar refractivity (Wildman–Crippen MR) is 211 cm³/mol. The maximum atomic E-state index is 12.6. The summed E-state index contributed by atoms with van der Waals surface area (Å²) >= 11 is 0. The number of carbonyl (C=O) groups excluding carboxylic acids is 1. The highest BCUT2D eigenvalue weighted by atomic mass is 16.5. The minimum atomic E-state index is -0.351. The summed E-state index contributed by atoms with van der Waals surface area (Å²) in [7, 11) is 9.66. The Balaban J connectivity index is 1.00. The largest absolute Gasteiger partial charge is 0.493 e. The Labute approximate surface area is 318 Å². The van der Waals surface area contributed by atoms with Gasteiger partial charge in [0.1, 0.15) is 6.17 Å². The van der Waals surface area contributed by atoms with Crippen molar-refractivity contribution < 1.29 is 42.7 Å². The Morgan fingerprint density at radius 3 is 1.59 bits per heavy atom. The zero-order valence-corrected chi connectivity index (χ0v) is 32.1. The van der Waals surface area contributed by atoms with Gasteiger partial charge < -0.3 is 48.5 Å². The van der Waals surface area contributed by atoms with E-state index in [1.807, 2.05) is 72.8 Å². The second-order valence-electron chi connectivity index (χ2n) is 12.7. The first kappa shape index (κ1) is 39.5. The van der Waals surface area contributed by atoms with Gasteiger partial charge in [0.25, 0.3) is 5.91 Å². The summed E-state index contributed by atoms with van der Waals surface area (Å²) in [5, 5.41) is 6.39. The molecule has 11 heteroatoms. The molecule has 4 aromatic carbocycles. The number of benzene rings is 4. The van der Waals surface area contributed by atoms with E-state index < -0.39 is 0 Å². The lowest BCUT2D eigenvalue weighted by Gasteiger charge is -2.28. The van der Waals surface area contributed by atoms with Gasteiger partial charge in [-0.15, -0.1) is 0 Å². The van der Waals surface area contributed by atoms with Crippen molar-refractivity contribution in [3.05, 3.63) is 89.0 Å². The molecular weight excluding hydrogens is 688 g/mol. The smallest absolute Gasteiger partial charge is 0.255 e. The Hall–Kier alpha value is -5.71. The molecule has 0 aliphatic carbocycles. The van der Waals surface area contributed by atoms with Gasteiger partial charge in [-0.05, 0) is 78.1 Å². The summed E-state index contributed by atoms with van der Waals surface area (Å²) in [6, 6.07) is 20.9. The molecule has 0 saturated carbocycles. The number of para-hydroxylation sites is 1. The van der Waals surface area contributed by atoms with E-state index >= 15 is 0 Å². The first-order valence-electron chi connectivity index (χ1n) is 18.3. The summed E-state index contributed by atoms with van der Waals surface area (Å²) in [6.45, 7) is 1.18. The van der Waals surface area contributed by atoms with Crippen LogP contribution in [0.4, 0.5) is 5.69 Å². The topological polar surface area (TPSA) is 115 Å². The highest BCUT2D eigenvalue weighted by molar-refractivity contribution is 6.01. The molecule has 0 saturated heterocycles. The number of unbranched alkanes of at least 4 members (excludes halogenated alkanes) is 6. The van der Waals surface area contributed by atoms with Gasteiger partial charge in [0, 0.05) is 5.69 Å². The molecule has 11 nitrogen and oxygen atoms in total. The molecule has 54 heavy (non-hydrogen) atoms. The van der Waals surface area contributed by atoms with Crippen molar-refractivity contribution in [3.8, 4) is 46.0 Å².